The summed E-state index contributed by atoms with van der Waals surface area (Å²) < 4.78 is 5.09. The van der Waals surface area contributed by atoms with Gasteiger partial charge in [0.25, 0.3) is 0 Å². The topological polar surface area (TPSA) is 21.3 Å². The van der Waals surface area contributed by atoms with Gasteiger partial charge in [-0.05, 0) is 6.92 Å². The second kappa shape index (κ2) is 4.86. The fraction of sp³-hybridized carbons (Fsp3) is 0.800. The van der Waals surface area contributed by atoms with Crippen LogP contribution in [0.15, 0.2) is 0 Å². The standard InChI is InChI=1S/C5H10NO.Y/c1-5-4-6-2-3-7-5;/h3,5-6H,2,4H2,1H3;/q-1;. The molecule has 0 spiro atoms. The molecule has 1 unspecified atom stereocenters. The second-order valence-corrected chi connectivity index (χ2v) is 1.77. The average molecular weight is 189 g/mol. The molecule has 1 aliphatic heterocycles. The molecule has 1 N–H and O–H groups in total. The Labute approximate surface area is 75.2 Å². The van der Waals surface area contributed by atoms with E-state index in [9.17, 15) is 0 Å². The molecule has 1 heterocycles. The van der Waals surface area contributed by atoms with Crippen molar-refractivity contribution in [1.82, 2.24) is 5.32 Å². The molecule has 0 aromatic carbocycles. The fourth-order valence-electron chi connectivity index (χ4n) is 0.606. The molecule has 0 amide bonds. The van der Waals surface area contributed by atoms with Crippen molar-refractivity contribution in [2.45, 2.75) is 13.0 Å². The molecule has 0 aromatic rings. The molecule has 1 radical (unpaired) electrons. The second-order valence-electron chi connectivity index (χ2n) is 1.77. The van der Waals surface area contributed by atoms with Crippen LogP contribution in [0.5, 0.6) is 0 Å². The van der Waals surface area contributed by atoms with Crippen LogP contribution < -0.4 is 5.32 Å². The van der Waals surface area contributed by atoms with E-state index in [4.69, 9.17) is 4.74 Å². The molecule has 45 valence electrons. The smallest absolute Gasteiger partial charge is 0.0329 e. The van der Waals surface area contributed by atoms with Crippen molar-refractivity contribution in [1.29, 1.82) is 0 Å². The van der Waals surface area contributed by atoms with Gasteiger partial charge >= 0.3 is 0 Å². The van der Waals surface area contributed by atoms with Crippen LogP contribution in [-0.2, 0) is 37.4 Å². The van der Waals surface area contributed by atoms with Crippen LogP contribution in [0.1, 0.15) is 6.92 Å². The predicted molar refractivity (Wildman–Crippen MR) is 27.7 cm³/mol. The summed E-state index contributed by atoms with van der Waals surface area (Å²) in [6.07, 6.45) is 0.369. The van der Waals surface area contributed by atoms with Gasteiger partial charge in [0.15, 0.2) is 0 Å². The number of nitrogens with one attached hydrogen (secondary N) is 1. The number of hydrogen-bond acceptors (Lipinski definition) is 2. The first-order chi connectivity index (χ1) is 3.39. The molecular weight excluding hydrogens is 179 g/mol. The third-order valence-electron chi connectivity index (χ3n) is 0.988. The Morgan fingerprint density at radius 3 is 2.75 bits per heavy atom. The monoisotopic (exact) mass is 189 g/mol. The first-order valence-corrected chi connectivity index (χ1v) is 2.57. The van der Waals surface area contributed by atoms with Gasteiger partial charge in [0, 0.05) is 45.4 Å². The van der Waals surface area contributed by atoms with Crippen LogP contribution in [-0.4, -0.2) is 19.2 Å². The van der Waals surface area contributed by atoms with Crippen molar-refractivity contribution >= 4 is 0 Å². The molecular formula is C5H10NOY-. The maximum Gasteiger partial charge on any atom is 0.0329 e. The van der Waals surface area contributed by atoms with Gasteiger partial charge in [0.1, 0.15) is 0 Å². The quantitative estimate of drug-likeness (QED) is 0.548. The van der Waals surface area contributed by atoms with Crippen LogP contribution in [0.2, 0.25) is 0 Å². The van der Waals surface area contributed by atoms with Gasteiger partial charge < -0.3 is 10.1 Å². The Bertz CT molecular complexity index is 54.4. The first-order valence-electron chi connectivity index (χ1n) is 2.57. The van der Waals surface area contributed by atoms with Crippen molar-refractivity contribution in [2.24, 2.45) is 0 Å². The summed E-state index contributed by atoms with van der Waals surface area (Å²) in [5.74, 6) is 0. The number of morpholine rings is 1. The molecule has 0 bridgehead atoms. The summed E-state index contributed by atoms with van der Waals surface area (Å²) in [6, 6.07) is 0. The van der Waals surface area contributed by atoms with Crippen molar-refractivity contribution in [2.75, 3.05) is 13.1 Å². The first kappa shape index (κ1) is 9.02. The SMILES string of the molecule is CC1CNC[CH-]O1.[Y]. The van der Waals surface area contributed by atoms with E-state index in [2.05, 4.69) is 5.32 Å². The zero-order chi connectivity index (χ0) is 5.11. The zero-order valence-corrected chi connectivity index (χ0v) is 7.89. The van der Waals surface area contributed by atoms with E-state index in [0.29, 0.717) is 6.10 Å². The number of hydrogen-bond donors (Lipinski definition) is 1. The van der Waals surface area contributed by atoms with Gasteiger partial charge in [0.2, 0.25) is 0 Å². The van der Waals surface area contributed by atoms with E-state index in [-0.39, 0.29) is 32.7 Å². The summed E-state index contributed by atoms with van der Waals surface area (Å²) >= 11 is 0. The largest absolute Gasteiger partial charge is 0.548 e. The van der Waals surface area contributed by atoms with Crippen molar-refractivity contribution in [3.63, 3.8) is 0 Å². The van der Waals surface area contributed by atoms with Crippen molar-refractivity contribution in [3.8, 4) is 0 Å². The maximum absolute atomic E-state index is 5.09. The fourth-order valence-corrected chi connectivity index (χ4v) is 0.606. The summed E-state index contributed by atoms with van der Waals surface area (Å²) in [4.78, 5) is 0. The number of ether oxygens (including phenoxy) is 1. The molecule has 8 heavy (non-hydrogen) atoms. The minimum atomic E-state index is 0. The Hall–Kier alpha value is 1.02. The molecule has 1 rings (SSSR count). The Morgan fingerprint density at radius 2 is 2.50 bits per heavy atom. The van der Waals surface area contributed by atoms with Crippen LogP contribution in [0.3, 0.4) is 0 Å². The van der Waals surface area contributed by atoms with Crippen molar-refractivity contribution < 1.29 is 37.4 Å². The van der Waals surface area contributed by atoms with Gasteiger partial charge in [-0.2, -0.15) is 6.61 Å². The molecule has 0 aromatic heterocycles. The molecule has 1 aliphatic rings. The van der Waals surface area contributed by atoms with Gasteiger partial charge in [-0.3, -0.25) is 0 Å². The predicted octanol–water partition coefficient (Wildman–Crippen LogP) is 0.154. The maximum atomic E-state index is 5.09. The molecule has 1 atom stereocenters. The van der Waals surface area contributed by atoms with Gasteiger partial charge in [-0.25, -0.2) is 0 Å². The average Bonchev–Trinajstić information content (AvgIpc) is 1.69. The van der Waals surface area contributed by atoms with E-state index in [0.717, 1.165) is 13.1 Å². The summed E-state index contributed by atoms with van der Waals surface area (Å²) in [6.45, 7) is 5.72. The Morgan fingerprint density at radius 1 is 1.75 bits per heavy atom. The van der Waals surface area contributed by atoms with E-state index in [1.807, 2.05) is 6.92 Å². The van der Waals surface area contributed by atoms with Gasteiger partial charge in [-0.15, -0.1) is 6.54 Å². The Kier molecular flexibility index (Phi) is 5.48. The molecule has 0 saturated carbocycles. The van der Waals surface area contributed by atoms with Crippen LogP contribution in [0.4, 0.5) is 0 Å². The molecule has 1 saturated heterocycles. The summed E-state index contributed by atoms with van der Waals surface area (Å²) in [5, 5.41) is 3.15. The third-order valence-corrected chi connectivity index (χ3v) is 0.988. The number of rotatable bonds is 0. The van der Waals surface area contributed by atoms with E-state index in [1.165, 1.54) is 0 Å². The normalized spacial score (nSPS) is 28.9. The molecule has 2 nitrogen and oxygen atoms in total. The van der Waals surface area contributed by atoms with E-state index in [1.54, 1.807) is 6.61 Å². The van der Waals surface area contributed by atoms with Crippen LogP contribution in [0, 0.1) is 6.61 Å². The third kappa shape index (κ3) is 3.13. The van der Waals surface area contributed by atoms with Gasteiger partial charge in [-0.1, -0.05) is 0 Å². The molecule has 3 heteroatoms. The minimum absolute atomic E-state index is 0. The van der Waals surface area contributed by atoms with E-state index >= 15 is 0 Å². The summed E-state index contributed by atoms with van der Waals surface area (Å²) in [5.41, 5.74) is 0. The van der Waals surface area contributed by atoms with Crippen molar-refractivity contribution in [3.05, 3.63) is 6.61 Å². The van der Waals surface area contributed by atoms with Crippen LogP contribution in [0.25, 0.3) is 0 Å². The molecule has 1 fully saturated rings. The molecule has 0 aliphatic carbocycles. The Balaban J connectivity index is 0.000000490. The van der Waals surface area contributed by atoms with Crippen LogP contribution >= 0.6 is 0 Å². The van der Waals surface area contributed by atoms with E-state index < -0.39 is 0 Å². The summed E-state index contributed by atoms with van der Waals surface area (Å²) in [7, 11) is 0. The zero-order valence-electron chi connectivity index (χ0n) is 5.05. The van der Waals surface area contributed by atoms with Gasteiger partial charge in [0.05, 0.1) is 0 Å². The minimum Gasteiger partial charge on any atom is -0.548 e.